The molecule has 0 atom stereocenters. The van der Waals surface area contributed by atoms with Gasteiger partial charge in [0, 0.05) is 67.9 Å². The second-order valence-corrected chi connectivity index (χ2v) is 10.9. The summed E-state index contributed by atoms with van der Waals surface area (Å²) in [4.78, 5) is 21.7. The van der Waals surface area contributed by atoms with Crippen LogP contribution in [-0.4, -0.2) is 55.9 Å². The Balaban J connectivity index is 1.53. The number of rotatable bonds is 5. The average Bonchev–Trinajstić information content (AvgIpc) is 2.99. The van der Waals surface area contributed by atoms with E-state index in [1.807, 2.05) is 42.5 Å². The number of benzene rings is 1. The van der Waals surface area contributed by atoms with E-state index in [2.05, 4.69) is 32.3 Å². The lowest BCUT2D eigenvalue weighted by atomic mass is 10.1. The van der Waals surface area contributed by atoms with E-state index in [9.17, 15) is 13.2 Å². The van der Waals surface area contributed by atoms with Gasteiger partial charge in [-0.25, -0.2) is 13.4 Å². The fourth-order valence-electron chi connectivity index (χ4n) is 4.62. The molecule has 0 spiro atoms. The van der Waals surface area contributed by atoms with E-state index >= 15 is 0 Å². The van der Waals surface area contributed by atoms with E-state index in [1.165, 1.54) is 10.6 Å². The number of sulfonamides is 1. The van der Waals surface area contributed by atoms with Crippen LogP contribution in [0.4, 0.5) is 17.2 Å². The van der Waals surface area contributed by atoms with Gasteiger partial charge in [-0.15, -0.1) is 0 Å². The van der Waals surface area contributed by atoms with Gasteiger partial charge >= 0.3 is 0 Å². The van der Waals surface area contributed by atoms with E-state index in [-0.39, 0.29) is 12.2 Å². The first-order chi connectivity index (χ1) is 16.9. The van der Waals surface area contributed by atoms with Crippen molar-refractivity contribution in [1.29, 1.82) is 0 Å². The molecule has 3 heterocycles. The van der Waals surface area contributed by atoms with Crippen LogP contribution in [-0.2, 0) is 21.2 Å². The summed E-state index contributed by atoms with van der Waals surface area (Å²) in [6.45, 7) is 1.96. The van der Waals surface area contributed by atoms with E-state index in [0.29, 0.717) is 32.0 Å². The molecule has 1 fully saturated rings. The van der Waals surface area contributed by atoms with Crippen LogP contribution in [0.15, 0.2) is 78.4 Å². The van der Waals surface area contributed by atoms with Crippen LogP contribution in [0.3, 0.4) is 0 Å². The Morgan fingerprint density at radius 1 is 1.03 bits per heavy atom. The van der Waals surface area contributed by atoms with Crippen LogP contribution in [0.25, 0.3) is 0 Å². The summed E-state index contributed by atoms with van der Waals surface area (Å²) < 4.78 is 25.3. The number of carbonyl (C=O) groups is 1. The van der Waals surface area contributed by atoms with Crippen LogP contribution in [0.2, 0.25) is 0 Å². The standard InChI is InChI=1S/C26H29N5O3S/c1-35(33,34)30-14-12-29(13-15-30)25-18-24-20(19-27-25)16-23(32)17-26(28-21-8-4-2-5-9-21)31(24)22-10-6-3-7-11-22/h3-4,6-11,17-19,28H,2,5,12-16H2,1H3. The highest BCUT2D eigenvalue weighted by atomic mass is 32.2. The molecule has 5 rings (SSSR count). The molecule has 0 unspecified atom stereocenters. The highest BCUT2D eigenvalue weighted by molar-refractivity contribution is 7.88. The fourth-order valence-corrected chi connectivity index (χ4v) is 5.44. The molecule has 1 saturated heterocycles. The maximum absolute atomic E-state index is 12.9. The number of para-hydroxylation sites is 1. The van der Waals surface area contributed by atoms with Gasteiger partial charge < -0.3 is 10.2 Å². The zero-order valence-corrected chi connectivity index (χ0v) is 20.5. The summed E-state index contributed by atoms with van der Waals surface area (Å²) in [7, 11) is -3.21. The number of pyridine rings is 1. The molecule has 0 bridgehead atoms. The summed E-state index contributed by atoms with van der Waals surface area (Å²) in [5.41, 5.74) is 3.63. The van der Waals surface area contributed by atoms with Gasteiger partial charge in [0.05, 0.1) is 11.9 Å². The van der Waals surface area contributed by atoms with Crippen LogP contribution in [0.5, 0.6) is 0 Å². The van der Waals surface area contributed by atoms with Crippen molar-refractivity contribution >= 4 is 33.0 Å². The molecule has 1 aromatic heterocycles. The number of hydrogen-bond acceptors (Lipinski definition) is 7. The van der Waals surface area contributed by atoms with Gasteiger partial charge in [-0.3, -0.25) is 9.69 Å². The summed E-state index contributed by atoms with van der Waals surface area (Å²) in [6.07, 6.45) is 13.2. The molecular weight excluding hydrogens is 462 g/mol. The summed E-state index contributed by atoms with van der Waals surface area (Å²) >= 11 is 0. The largest absolute Gasteiger partial charge is 0.354 e. The Bertz CT molecular complexity index is 1310. The zero-order chi connectivity index (χ0) is 24.4. The number of nitrogens with zero attached hydrogens (tertiary/aromatic N) is 4. The molecule has 3 aliphatic rings. The van der Waals surface area contributed by atoms with Gasteiger partial charge in [-0.2, -0.15) is 4.31 Å². The number of nitrogens with one attached hydrogen (secondary N) is 1. The molecule has 35 heavy (non-hydrogen) atoms. The number of anilines is 3. The third kappa shape index (κ3) is 5.16. The highest BCUT2D eigenvalue weighted by Crippen LogP contribution is 2.36. The third-order valence-electron chi connectivity index (χ3n) is 6.41. The maximum Gasteiger partial charge on any atom is 0.211 e. The van der Waals surface area contributed by atoms with Crippen molar-refractivity contribution in [2.75, 3.05) is 42.2 Å². The summed E-state index contributed by atoms with van der Waals surface area (Å²) in [5.74, 6) is 1.46. The number of piperazine rings is 1. The first kappa shape index (κ1) is 23.3. The number of aromatic nitrogens is 1. The molecular formula is C26H29N5O3S. The molecule has 2 aromatic rings. The Hall–Kier alpha value is -3.43. The Kier molecular flexibility index (Phi) is 6.44. The second-order valence-electron chi connectivity index (χ2n) is 8.93. The van der Waals surface area contributed by atoms with E-state index in [4.69, 9.17) is 0 Å². The zero-order valence-electron chi connectivity index (χ0n) is 19.7. The van der Waals surface area contributed by atoms with Crippen LogP contribution in [0.1, 0.15) is 18.4 Å². The lowest BCUT2D eigenvalue weighted by Gasteiger charge is -2.35. The number of ketones is 1. The number of allylic oxidation sites excluding steroid dienone is 4. The minimum Gasteiger partial charge on any atom is -0.354 e. The Morgan fingerprint density at radius 2 is 1.80 bits per heavy atom. The van der Waals surface area contributed by atoms with Gasteiger partial charge in [0.25, 0.3) is 0 Å². The first-order valence-electron chi connectivity index (χ1n) is 11.8. The smallest absolute Gasteiger partial charge is 0.211 e. The van der Waals surface area contributed by atoms with E-state index in [0.717, 1.165) is 41.3 Å². The van der Waals surface area contributed by atoms with E-state index in [1.54, 1.807) is 12.3 Å². The SMILES string of the molecule is CS(=O)(=O)N1CCN(c2cc3c(cn2)CC(=O)C=C(NC2=CCCC=C2)N3c2ccccc2)CC1. The molecule has 1 aliphatic carbocycles. The molecule has 1 aromatic carbocycles. The lowest BCUT2D eigenvalue weighted by Crippen LogP contribution is -2.48. The quantitative estimate of drug-likeness (QED) is 0.688. The average molecular weight is 492 g/mol. The van der Waals surface area contributed by atoms with Gasteiger partial charge in [-0.05, 0) is 31.1 Å². The number of fused-ring (bicyclic) bond motifs is 1. The van der Waals surface area contributed by atoms with Crippen molar-refractivity contribution in [2.45, 2.75) is 19.3 Å². The molecule has 2 aliphatic heterocycles. The van der Waals surface area contributed by atoms with Gasteiger partial charge in [0.15, 0.2) is 5.78 Å². The van der Waals surface area contributed by atoms with Crippen LogP contribution >= 0.6 is 0 Å². The lowest BCUT2D eigenvalue weighted by molar-refractivity contribution is -0.114. The highest BCUT2D eigenvalue weighted by Gasteiger charge is 2.28. The van der Waals surface area contributed by atoms with Crippen molar-refractivity contribution in [3.05, 3.63) is 84.0 Å². The molecule has 182 valence electrons. The van der Waals surface area contributed by atoms with Crippen molar-refractivity contribution in [2.24, 2.45) is 0 Å². The third-order valence-corrected chi connectivity index (χ3v) is 7.71. The summed E-state index contributed by atoms with van der Waals surface area (Å²) in [6, 6.07) is 12.0. The van der Waals surface area contributed by atoms with E-state index < -0.39 is 10.0 Å². The predicted molar refractivity (Wildman–Crippen MR) is 138 cm³/mol. The molecule has 0 amide bonds. The first-order valence-corrected chi connectivity index (χ1v) is 13.7. The van der Waals surface area contributed by atoms with Crippen molar-refractivity contribution in [3.8, 4) is 0 Å². The molecule has 0 radical (unpaired) electrons. The Morgan fingerprint density at radius 3 is 2.49 bits per heavy atom. The minimum atomic E-state index is -3.21. The van der Waals surface area contributed by atoms with Crippen LogP contribution in [0, 0.1) is 0 Å². The minimum absolute atomic E-state index is 0.00360. The van der Waals surface area contributed by atoms with Gasteiger partial charge in [-0.1, -0.05) is 30.4 Å². The topological polar surface area (TPSA) is 85.9 Å². The molecule has 9 heteroatoms. The van der Waals surface area contributed by atoms with Crippen molar-refractivity contribution in [1.82, 2.24) is 14.6 Å². The van der Waals surface area contributed by atoms with Gasteiger partial charge in [0.1, 0.15) is 11.6 Å². The molecule has 0 saturated carbocycles. The summed E-state index contributed by atoms with van der Waals surface area (Å²) in [5, 5.41) is 3.47. The monoisotopic (exact) mass is 491 g/mol. The van der Waals surface area contributed by atoms with Crippen molar-refractivity contribution in [3.63, 3.8) is 0 Å². The predicted octanol–water partition coefficient (Wildman–Crippen LogP) is 3.09. The van der Waals surface area contributed by atoms with Crippen molar-refractivity contribution < 1.29 is 13.2 Å². The molecule has 1 N–H and O–H groups in total. The number of hydrogen-bond donors (Lipinski definition) is 1. The van der Waals surface area contributed by atoms with Gasteiger partial charge in [0.2, 0.25) is 10.0 Å². The molecule has 8 nitrogen and oxygen atoms in total. The second kappa shape index (κ2) is 9.67. The number of carbonyl (C=O) groups excluding carboxylic acids is 1. The normalized spacial score (nSPS) is 19.1. The fraction of sp³-hybridized carbons (Fsp3) is 0.308. The maximum atomic E-state index is 12.9. The Labute approximate surface area is 206 Å². The van der Waals surface area contributed by atoms with Crippen LogP contribution < -0.4 is 15.1 Å².